The number of alkyl halides is 5. The van der Waals surface area contributed by atoms with Crippen LogP contribution in [0.3, 0.4) is 0 Å². The van der Waals surface area contributed by atoms with Crippen LogP contribution in [0, 0.1) is 0 Å². The van der Waals surface area contributed by atoms with E-state index in [0.29, 0.717) is 23.1 Å². The molecule has 41 heavy (non-hydrogen) atoms. The number of furan rings is 1. The lowest BCUT2D eigenvalue weighted by Crippen LogP contribution is -2.17. The number of unbranched alkanes of at least 4 members (excludes halogenated alkanes) is 2. The Balaban J connectivity index is 1.60. The van der Waals surface area contributed by atoms with Crippen LogP contribution in [0.25, 0.3) is 22.3 Å². The zero-order valence-electron chi connectivity index (χ0n) is 23.3. The van der Waals surface area contributed by atoms with E-state index in [1.54, 1.807) is 30.3 Å². The van der Waals surface area contributed by atoms with Gasteiger partial charge >= 0.3 is 12.3 Å². The van der Waals surface area contributed by atoms with Gasteiger partial charge in [0, 0.05) is 28.7 Å². The second-order valence-electron chi connectivity index (χ2n) is 9.97. The highest BCUT2D eigenvalue weighted by molar-refractivity contribution is 7.99. The van der Waals surface area contributed by atoms with Crippen LogP contribution in [0.5, 0.6) is 5.75 Å². The second kappa shape index (κ2) is 14.8. The minimum absolute atomic E-state index is 0.0635. The van der Waals surface area contributed by atoms with Gasteiger partial charge in [-0.2, -0.15) is 0 Å². The molecular formula is C31H35F5O4S. The Bertz CT molecular complexity index is 1320. The molecule has 0 amide bonds. The summed E-state index contributed by atoms with van der Waals surface area (Å²) in [5, 5.41) is 0.702. The van der Waals surface area contributed by atoms with Crippen LogP contribution >= 0.6 is 11.8 Å². The first kappa shape index (κ1) is 32.5. The van der Waals surface area contributed by atoms with Crippen molar-refractivity contribution in [3.63, 3.8) is 0 Å². The van der Waals surface area contributed by atoms with Gasteiger partial charge in [-0.05, 0) is 80.3 Å². The third-order valence-corrected chi connectivity index (χ3v) is 7.40. The van der Waals surface area contributed by atoms with Gasteiger partial charge in [0.05, 0.1) is 12.2 Å². The van der Waals surface area contributed by atoms with Crippen LogP contribution in [0.2, 0.25) is 0 Å². The van der Waals surface area contributed by atoms with Crippen molar-refractivity contribution in [1.82, 2.24) is 0 Å². The molecule has 0 bridgehead atoms. The maximum absolute atomic E-state index is 14.2. The summed E-state index contributed by atoms with van der Waals surface area (Å²) in [4.78, 5) is 12.1. The molecule has 3 rings (SSSR count). The molecule has 0 aliphatic rings. The number of halogens is 5. The monoisotopic (exact) mass is 598 g/mol. The van der Waals surface area contributed by atoms with Crippen LogP contribution in [-0.2, 0) is 16.0 Å². The first-order valence-electron chi connectivity index (χ1n) is 13.6. The molecule has 0 unspecified atom stereocenters. The number of ether oxygens (including phenoxy) is 2. The number of aryl methyl sites for hydroxylation is 1. The largest absolute Gasteiger partial charge is 0.573 e. The molecule has 0 atom stereocenters. The van der Waals surface area contributed by atoms with Crippen LogP contribution in [0.4, 0.5) is 22.0 Å². The number of hydrogen-bond acceptors (Lipinski definition) is 5. The topological polar surface area (TPSA) is 48.7 Å². The predicted molar refractivity (Wildman–Crippen MR) is 151 cm³/mol. The first-order chi connectivity index (χ1) is 19.4. The summed E-state index contributed by atoms with van der Waals surface area (Å²) in [6, 6.07) is 11.8. The van der Waals surface area contributed by atoms with Crippen molar-refractivity contribution >= 4 is 28.7 Å². The lowest BCUT2D eigenvalue weighted by Gasteiger charge is -2.16. The fourth-order valence-electron chi connectivity index (χ4n) is 4.21. The number of fused-ring (bicyclic) bond motifs is 1. The molecule has 0 saturated heterocycles. The van der Waals surface area contributed by atoms with Gasteiger partial charge in [0.1, 0.15) is 17.1 Å². The number of esters is 1. The average molecular weight is 599 g/mol. The summed E-state index contributed by atoms with van der Waals surface area (Å²) in [5.74, 6) is -3.07. The lowest BCUT2D eigenvalue weighted by molar-refractivity contribution is -0.274. The van der Waals surface area contributed by atoms with E-state index in [9.17, 15) is 26.7 Å². The van der Waals surface area contributed by atoms with Crippen molar-refractivity contribution in [2.24, 2.45) is 0 Å². The molecule has 1 heterocycles. The van der Waals surface area contributed by atoms with E-state index in [1.807, 2.05) is 6.07 Å². The zero-order chi connectivity index (χ0) is 30.0. The molecule has 0 N–H and O–H groups in total. The molecule has 224 valence electrons. The summed E-state index contributed by atoms with van der Waals surface area (Å²) >= 11 is 1.39. The van der Waals surface area contributed by atoms with Gasteiger partial charge in [-0.1, -0.05) is 32.4 Å². The Hall–Kier alpha value is -3.01. The molecule has 1 aromatic heterocycles. The number of hydrogen-bond donors (Lipinski definition) is 0. The number of thioether (sulfide) groups is 1. The number of carbonyl (C=O) groups excluding carboxylic acids is 1. The van der Waals surface area contributed by atoms with Gasteiger partial charge in [0.2, 0.25) is 5.92 Å². The molecular weight excluding hydrogens is 563 g/mol. The van der Waals surface area contributed by atoms with Gasteiger partial charge in [-0.15, -0.1) is 24.9 Å². The number of rotatable bonds is 16. The van der Waals surface area contributed by atoms with Gasteiger partial charge in [0.15, 0.2) is 0 Å². The Morgan fingerprint density at radius 1 is 0.976 bits per heavy atom. The van der Waals surface area contributed by atoms with E-state index in [-0.39, 0.29) is 54.9 Å². The summed E-state index contributed by atoms with van der Waals surface area (Å²) in [5.41, 5.74) is 1.66. The summed E-state index contributed by atoms with van der Waals surface area (Å²) < 4.78 is 83.0. The average Bonchev–Trinajstić information content (AvgIpc) is 3.31. The van der Waals surface area contributed by atoms with Crippen molar-refractivity contribution in [2.45, 2.75) is 82.4 Å². The molecule has 0 aliphatic heterocycles. The minimum atomic E-state index is -4.85. The van der Waals surface area contributed by atoms with Crippen molar-refractivity contribution < 1.29 is 40.6 Å². The molecule has 0 spiro atoms. The minimum Gasteiger partial charge on any atom is -0.462 e. The fraction of sp³-hybridized carbons (Fsp3) is 0.452. The number of carbonyl (C=O) groups is 1. The van der Waals surface area contributed by atoms with E-state index >= 15 is 0 Å². The van der Waals surface area contributed by atoms with Crippen LogP contribution in [0.1, 0.15) is 64.4 Å². The molecule has 0 saturated carbocycles. The SMILES string of the molecule is C=C(C)C(=O)OCCCC(F)(F)CCCSc1ccc2cc(-c3ccc(CCCCC)cc3OC(F)(F)F)oc2c1. The van der Waals surface area contributed by atoms with Crippen LogP contribution in [-0.4, -0.2) is 30.6 Å². The van der Waals surface area contributed by atoms with Crippen molar-refractivity contribution in [3.8, 4) is 17.1 Å². The van der Waals surface area contributed by atoms with E-state index in [4.69, 9.17) is 9.15 Å². The van der Waals surface area contributed by atoms with Crippen molar-refractivity contribution in [3.05, 3.63) is 60.2 Å². The molecule has 10 heteroatoms. The Morgan fingerprint density at radius 3 is 2.44 bits per heavy atom. The van der Waals surface area contributed by atoms with Gasteiger partial charge in [-0.25, -0.2) is 13.6 Å². The molecule has 0 aliphatic carbocycles. The molecule has 0 radical (unpaired) electrons. The van der Waals surface area contributed by atoms with Gasteiger partial charge < -0.3 is 13.9 Å². The van der Waals surface area contributed by atoms with Crippen LogP contribution < -0.4 is 4.74 Å². The highest BCUT2D eigenvalue weighted by atomic mass is 32.2. The first-order valence-corrected chi connectivity index (χ1v) is 14.6. The molecule has 3 aromatic rings. The maximum Gasteiger partial charge on any atom is 0.573 e. The molecule has 4 nitrogen and oxygen atoms in total. The second-order valence-corrected chi connectivity index (χ2v) is 11.1. The highest BCUT2D eigenvalue weighted by Crippen LogP contribution is 2.39. The maximum atomic E-state index is 14.2. The summed E-state index contributed by atoms with van der Waals surface area (Å²) in [6.07, 6.45) is -1.66. The quantitative estimate of drug-likeness (QED) is 0.0540. The lowest BCUT2D eigenvalue weighted by atomic mass is 10.0. The Labute approximate surface area is 241 Å². The smallest absolute Gasteiger partial charge is 0.462 e. The van der Waals surface area contributed by atoms with Crippen molar-refractivity contribution in [1.29, 1.82) is 0 Å². The summed E-state index contributed by atoms with van der Waals surface area (Å²) in [7, 11) is 0. The third kappa shape index (κ3) is 10.7. The number of benzene rings is 2. The van der Waals surface area contributed by atoms with E-state index in [2.05, 4.69) is 18.2 Å². The molecule has 2 aromatic carbocycles. The van der Waals surface area contributed by atoms with E-state index < -0.39 is 18.3 Å². The zero-order valence-corrected chi connectivity index (χ0v) is 24.1. The molecule has 0 fully saturated rings. The Kier molecular flexibility index (Phi) is 11.7. The highest BCUT2D eigenvalue weighted by Gasteiger charge is 2.33. The normalized spacial score (nSPS) is 12.1. The predicted octanol–water partition coefficient (Wildman–Crippen LogP) is 10.1. The van der Waals surface area contributed by atoms with E-state index in [1.165, 1.54) is 24.8 Å². The van der Waals surface area contributed by atoms with Gasteiger partial charge in [0.25, 0.3) is 0 Å². The van der Waals surface area contributed by atoms with Crippen LogP contribution in [0.15, 0.2) is 63.9 Å². The van der Waals surface area contributed by atoms with Gasteiger partial charge in [-0.3, -0.25) is 0 Å². The Morgan fingerprint density at radius 2 is 1.73 bits per heavy atom. The fourth-order valence-corrected chi connectivity index (χ4v) is 5.09. The van der Waals surface area contributed by atoms with E-state index in [0.717, 1.165) is 29.7 Å². The van der Waals surface area contributed by atoms with Crippen molar-refractivity contribution in [2.75, 3.05) is 12.4 Å². The standard InChI is InChI=1S/C31H35F5O4S/c1-4-5-6-9-22-10-13-25(28(18-22)40-31(34,35)36)27-19-23-11-12-24(20-26(23)39-27)41-17-8-15-30(32,33)14-7-16-38-29(37)21(2)3/h10-13,18-20H,2,4-9,14-17H2,1,3H3. The summed E-state index contributed by atoms with van der Waals surface area (Å²) in [6.45, 7) is 6.92. The third-order valence-electron chi connectivity index (χ3n) is 6.32.